The third-order valence-corrected chi connectivity index (χ3v) is 3.00. The highest BCUT2D eigenvalue weighted by Gasteiger charge is 2.12. The van der Waals surface area contributed by atoms with Crippen LogP contribution >= 0.6 is 0 Å². The highest BCUT2D eigenvalue weighted by Crippen LogP contribution is 2.30. The minimum atomic E-state index is -0.472. The Morgan fingerprint density at radius 3 is 2.09 bits per heavy atom. The number of nitrogens with zero attached hydrogens (tertiary/aromatic N) is 2. The number of benzene rings is 2. The summed E-state index contributed by atoms with van der Waals surface area (Å²) < 4.78 is 5.14. The Hall–Kier alpha value is -3.02. The lowest BCUT2D eigenvalue weighted by Gasteiger charge is -2.11. The van der Waals surface area contributed by atoms with Gasteiger partial charge in [-0.2, -0.15) is 0 Å². The van der Waals surface area contributed by atoms with Crippen LogP contribution in [-0.4, -0.2) is 21.8 Å². The molecule has 0 atom stereocenters. The molecule has 0 saturated carbocycles. The van der Waals surface area contributed by atoms with Crippen LogP contribution in [0.1, 0.15) is 13.8 Å². The fraction of sp³-hybridized carbons (Fsp3) is 0.125. The third-order valence-electron chi connectivity index (χ3n) is 3.00. The molecule has 110 valence electrons. The normalized spacial score (nSPS) is 10.6. The summed E-state index contributed by atoms with van der Waals surface area (Å²) >= 11 is 0. The van der Waals surface area contributed by atoms with Gasteiger partial charge in [0.25, 0.3) is 0 Å². The lowest BCUT2D eigenvalue weighted by Crippen LogP contribution is -2.10. The number of carbonyl (C=O) groups is 2. The number of fused-ring (bicyclic) bond motifs is 2. The summed E-state index contributed by atoms with van der Waals surface area (Å²) in [5.74, 6) is -0.485. The monoisotopic (exact) mass is 295 g/mol. The molecule has 0 saturated heterocycles. The standard InChI is InChI=1S/C16H13N3O3/c1-9(20)17-15-7-13-14(8-16(15)22-10(2)21)19-12-6-4-3-5-11(12)18-13/h3-8H,1-2H3,(H,17,20). The molecular weight excluding hydrogens is 282 g/mol. The van der Waals surface area contributed by atoms with E-state index in [1.807, 2.05) is 24.3 Å². The molecule has 3 rings (SSSR count). The van der Waals surface area contributed by atoms with Crippen molar-refractivity contribution < 1.29 is 14.3 Å². The first-order valence-electron chi connectivity index (χ1n) is 6.69. The Balaban J connectivity index is 2.23. The van der Waals surface area contributed by atoms with E-state index in [0.29, 0.717) is 16.7 Å². The minimum Gasteiger partial charge on any atom is -0.424 e. The van der Waals surface area contributed by atoms with Gasteiger partial charge in [-0.05, 0) is 18.2 Å². The highest BCUT2D eigenvalue weighted by molar-refractivity contribution is 5.96. The quantitative estimate of drug-likeness (QED) is 0.446. The lowest BCUT2D eigenvalue weighted by molar-refractivity contribution is -0.131. The van der Waals surface area contributed by atoms with Gasteiger partial charge in [-0.3, -0.25) is 9.59 Å². The van der Waals surface area contributed by atoms with Crippen LogP contribution < -0.4 is 10.1 Å². The van der Waals surface area contributed by atoms with Gasteiger partial charge in [-0.1, -0.05) is 12.1 Å². The molecule has 0 aliphatic heterocycles. The molecule has 0 aliphatic carbocycles. The highest BCUT2D eigenvalue weighted by atomic mass is 16.5. The van der Waals surface area contributed by atoms with Crippen molar-refractivity contribution in [2.75, 3.05) is 5.32 Å². The van der Waals surface area contributed by atoms with E-state index < -0.39 is 5.97 Å². The van der Waals surface area contributed by atoms with Gasteiger partial charge in [-0.25, -0.2) is 9.97 Å². The average Bonchev–Trinajstić information content (AvgIpc) is 2.45. The van der Waals surface area contributed by atoms with E-state index in [1.54, 1.807) is 12.1 Å². The molecule has 2 aromatic carbocycles. The Kier molecular flexibility index (Phi) is 3.42. The largest absolute Gasteiger partial charge is 0.424 e. The van der Waals surface area contributed by atoms with Crippen LogP contribution in [0.4, 0.5) is 5.69 Å². The van der Waals surface area contributed by atoms with Gasteiger partial charge >= 0.3 is 5.97 Å². The summed E-state index contributed by atoms with van der Waals surface area (Å²) in [7, 11) is 0. The van der Waals surface area contributed by atoms with Crippen molar-refractivity contribution in [2.45, 2.75) is 13.8 Å². The number of rotatable bonds is 2. The van der Waals surface area contributed by atoms with Crippen LogP contribution in [0.15, 0.2) is 36.4 Å². The van der Waals surface area contributed by atoms with Crippen LogP contribution in [-0.2, 0) is 9.59 Å². The van der Waals surface area contributed by atoms with E-state index >= 15 is 0 Å². The van der Waals surface area contributed by atoms with Gasteiger partial charge in [0.15, 0.2) is 5.75 Å². The van der Waals surface area contributed by atoms with E-state index in [0.717, 1.165) is 11.0 Å². The predicted octanol–water partition coefficient (Wildman–Crippen LogP) is 2.67. The van der Waals surface area contributed by atoms with E-state index in [4.69, 9.17) is 4.74 Å². The molecule has 22 heavy (non-hydrogen) atoms. The van der Waals surface area contributed by atoms with Crippen LogP contribution in [0, 0.1) is 0 Å². The van der Waals surface area contributed by atoms with Gasteiger partial charge in [0, 0.05) is 19.9 Å². The molecule has 1 amide bonds. The molecule has 1 N–H and O–H groups in total. The SMILES string of the molecule is CC(=O)Nc1cc2nc3ccccc3nc2cc1OC(C)=O. The fourth-order valence-corrected chi connectivity index (χ4v) is 2.18. The first-order chi connectivity index (χ1) is 10.5. The number of esters is 1. The molecule has 0 aliphatic rings. The van der Waals surface area contributed by atoms with Crippen molar-refractivity contribution in [3.63, 3.8) is 0 Å². The number of aromatic nitrogens is 2. The number of para-hydroxylation sites is 2. The van der Waals surface area contributed by atoms with Crippen molar-refractivity contribution in [1.82, 2.24) is 9.97 Å². The summed E-state index contributed by atoms with van der Waals surface area (Å²) in [5, 5.41) is 2.64. The fourth-order valence-electron chi connectivity index (χ4n) is 2.18. The molecule has 6 heteroatoms. The zero-order chi connectivity index (χ0) is 15.7. The second-order valence-electron chi connectivity index (χ2n) is 4.82. The number of amides is 1. The Morgan fingerprint density at radius 2 is 1.55 bits per heavy atom. The Bertz CT molecular complexity index is 832. The number of hydrogen-bond acceptors (Lipinski definition) is 5. The molecular formula is C16H13N3O3. The number of nitrogens with one attached hydrogen (secondary N) is 1. The molecule has 0 radical (unpaired) electrons. The van der Waals surface area contributed by atoms with Crippen molar-refractivity contribution >= 4 is 39.6 Å². The minimum absolute atomic E-state index is 0.250. The van der Waals surface area contributed by atoms with Crippen molar-refractivity contribution in [1.29, 1.82) is 0 Å². The van der Waals surface area contributed by atoms with Crippen molar-refractivity contribution in [2.24, 2.45) is 0 Å². The molecule has 0 unspecified atom stereocenters. The maximum atomic E-state index is 11.3. The van der Waals surface area contributed by atoms with Crippen LogP contribution in [0.5, 0.6) is 5.75 Å². The van der Waals surface area contributed by atoms with Crippen LogP contribution in [0.25, 0.3) is 22.1 Å². The number of ether oxygens (including phenoxy) is 1. The molecule has 1 heterocycles. The molecule has 0 spiro atoms. The first-order valence-corrected chi connectivity index (χ1v) is 6.69. The zero-order valence-electron chi connectivity index (χ0n) is 12.1. The predicted molar refractivity (Wildman–Crippen MR) is 82.7 cm³/mol. The maximum absolute atomic E-state index is 11.3. The van der Waals surface area contributed by atoms with E-state index in [1.165, 1.54) is 13.8 Å². The zero-order valence-corrected chi connectivity index (χ0v) is 12.1. The summed E-state index contributed by atoms with van der Waals surface area (Å²) in [6, 6.07) is 10.7. The molecule has 3 aromatic rings. The van der Waals surface area contributed by atoms with E-state index in [2.05, 4.69) is 15.3 Å². The summed E-state index contributed by atoms with van der Waals surface area (Å²) in [4.78, 5) is 31.6. The van der Waals surface area contributed by atoms with Crippen LogP contribution in [0.2, 0.25) is 0 Å². The van der Waals surface area contributed by atoms with E-state index in [9.17, 15) is 9.59 Å². The number of anilines is 1. The third kappa shape index (κ3) is 2.71. The smallest absolute Gasteiger partial charge is 0.308 e. The first kappa shape index (κ1) is 13.9. The van der Waals surface area contributed by atoms with Gasteiger partial charge in [0.05, 0.1) is 27.8 Å². The Labute approximate surface area is 126 Å². The van der Waals surface area contributed by atoms with Crippen molar-refractivity contribution in [3.8, 4) is 5.75 Å². The van der Waals surface area contributed by atoms with Gasteiger partial charge in [0.2, 0.25) is 5.91 Å². The molecule has 0 fully saturated rings. The second-order valence-corrected chi connectivity index (χ2v) is 4.82. The van der Waals surface area contributed by atoms with Gasteiger partial charge in [0.1, 0.15) is 0 Å². The summed E-state index contributed by atoms with van der Waals surface area (Å²) in [5.41, 5.74) is 3.09. The Morgan fingerprint density at radius 1 is 0.955 bits per heavy atom. The van der Waals surface area contributed by atoms with Crippen molar-refractivity contribution in [3.05, 3.63) is 36.4 Å². The van der Waals surface area contributed by atoms with E-state index in [-0.39, 0.29) is 11.7 Å². The molecule has 1 aromatic heterocycles. The van der Waals surface area contributed by atoms with Crippen LogP contribution in [0.3, 0.4) is 0 Å². The average molecular weight is 295 g/mol. The number of carbonyl (C=O) groups excluding carboxylic acids is 2. The second kappa shape index (κ2) is 5.40. The van der Waals surface area contributed by atoms with Gasteiger partial charge < -0.3 is 10.1 Å². The van der Waals surface area contributed by atoms with Gasteiger partial charge in [-0.15, -0.1) is 0 Å². The maximum Gasteiger partial charge on any atom is 0.308 e. The number of hydrogen-bond donors (Lipinski definition) is 1. The summed E-state index contributed by atoms with van der Waals surface area (Å²) in [6.45, 7) is 2.68. The lowest BCUT2D eigenvalue weighted by atomic mass is 10.2. The topological polar surface area (TPSA) is 81.2 Å². The molecule has 0 bridgehead atoms. The summed E-state index contributed by atoms with van der Waals surface area (Å²) in [6.07, 6.45) is 0. The molecule has 6 nitrogen and oxygen atoms in total.